The highest BCUT2D eigenvalue weighted by Crippen LogP contribution is 2.34. The number of hydrogen-bond acceptors (Lipinski definition) is 2. The van der Waals surface area contributed by atoms with Crippen LogP contribution in [0.2, 0.25) is 10.0 Å². The Labute approximate surface area is 120 Å². The number of carboxylic acid groups (broad SMARTS) is 1. The Kier molecular flexibility index (Phi) is 3.98. The Hall–Kier alpha value is -1.71. The zero-order valence-electron chi connectivity index (χ0n) is 10.1. The molecule has 2 aromatic carbocycles. The summed E-state index contributed by atoms with van der Waals surface area (Å²) >= 11 is 12.2. The third kappa shape index (κ3) is 2.83. The Morgan fingerprint density at radius 3 is 2.42 bits per heavy atom. The van der Waals surface area contributed by atoms with Gasteiger partial charge in [-0.25, -0.2) is 4.79 Å². The summed E-state index contributed by atoms with van der Waals surface area (Å²) in [6.45, 7) is 1.82. The molecule has 0 spiro atoms. The Morgan fingerprint density at radius 1 is 1.11 bits per heavy atom. The molecule has 0 aliphatic heterocycles. The summed E-state index contributed by atoms with van der Waals surface area (Å²) in [5.41, 5.74) is 2.04. The van der Waals surface area contributed by atoms with Gasteiger partial charge in [-0.15, -0.1) is 0 Å². The maximum atomic E-state index is 11.1. The summed E-state index contributed by atoms with van der Waals surface area (Å²) in [6, 6.07) is 10.00. The van der Waals surface area contributed by atoms with Gasteiger partial charge in [0.1, 0.15) is 0 Å². The molecule has 0 heterocycles. The maximum absolute atomic E-state index is 11.1. The molecule has 98 valence electrons. The van der Waals surface area contributed by atoms with Crippen molar-refractivity contribution in [3.8, 4) is 0 Å². The van der Waals surface area contributed by atoms with E-state index in [1.807, 2.05) is 6.92 Å². The third-order valence-electron chi connectivity index (χ3n) is 2.77. The van der Waals surface area contributed by atoms with Crippen LogP contribution in [0.15, 0.2) is 36.4 Å². The number of para-hydroxylation sites is 1. The van der Waals surface area contributed by atoms with E-state index in [0.717, 1.165) is 5.56 Å². The molecular formula is C14H11Cl2NO2. The molecule has 0 unspecified atom stereocenters. The molecule has 0 aromatic heterocycles. The van der Waals surface area contributed by atoms with Gasteiger partial charge in [-0.3, -0.25) is 0 Å². The fraction of sp³-hybridized carbons (Fsp3) is 0.0714. The lowest BCUT2D eigenvalue weighted by molar-refractivity contribution is 0.0698. The van der Waals surface area contributed by atoms with Crippen molar-refractivity contribution in [3.63, 3.8) is 0 Å². The average molecular weight is 296 g/mol. The van der Waals surface area contributed by atoms with Crippen molar-refractivity contribution in [1.82, 2.24) is 0 Å². The normalized spacial score (nSPS) is 10.3. The molecule has 0 saturated heterocycles. The molecule has 2 rings (SSSR count). The van der Waals surface area contributed by atoms with Crippen LogP contribution < -0.4 is 5.32 Å². The lowest BCUT2D eigenvalue weighted by atomic mass is 10.1. The fourth-order valence-electron chi connectivity index (χ4n) is 1.72. The van der Waals surface area contributed by atoms with Crippen LogP contribution in [-0.4, -0.2) is 11.1 Å². The first-order valence-corrected chi connectivity index (χ1v) is 6.30. The summed E-state index contributed by atoms with van der Waals surface area (Å²) in [5.74, 6) is -1.00. The van der Waals surface area contributed by atoms with Gasteiger partial charge in [-0.2, -0.15) is 0 Å². The van der Waals surface area contributed by atoms with E-state index in [4.69, 9.17) is 28.3 Å². The van der Waals surface area contributed by atoms with Crippen LogP contribution in [0, 0.1) is 6.92 Å². The minimum absolute atomic E-state index is 0.179. The smallest absolute Gasteiger partial charge is 0.337 e. The van der Waals surface area contributed by atoms with Gasteiger partial charge >= 0.3 is 5.97 Å². The highest BCUT2D eigenvalue weighted by molar-refractivity contribution is 6.36. The van der Waals surface area contributed by atoms with Crippen LogP contribution in [0.25, 0.3) is 0 Å². The van der Waals surface area contributed by atoms with Gasteiger partial charge in [-0.1, -0.05) is 35.3 Å². The van der Waals surface area contributed by atoms with Crippen molar-refractivity contribution in [2.24, 2.45) is 0 Å². The van der Waals surface area contributed by atoms with Crippen LogP contribution in [-0.2, 0) is 0 Å². The van der Waals surface area contributed by atoms with E-state index in [1.165, 1.54) is 6.07 Å². The topological polar surface area (TPSA) is 49.3 Å². The Balaban J connectivity index is 2.48. The summed E-state index contributed by atoms with van der Waals surface area (Å²) in [6.07, 6.45) is 0. The number of anilines is 2. The number of halogens is 2. The van der Waals surface area contributed by atoms with E-state index >= 15 is 0 Å². The number of carboxylic acids is 1. The van der Waals surface area contributed by atoms with Gasteiger partial charge in [0.15, 0.2) is 0 Å². The van der Waals surface area contributed by atoms with Crippen molar-refractivity contribution in [1.29, 1.82) is 0 Å². The number of aromatic carboxylic acids is 1. The van der Waals surface area contributed by atoms with E-state index in [1.54, 1.807) is 30.3 Å². The zero-order valence-corrected chi connectivity index (χ0v) is 11.6. The molecule has 0 amide bonds. The van der Waals surface area contributed by atoms with Gasteiger partial charge in [0.25, 0.3) is 0 Å². The Morgan fingerprint density at radius 2 is 1.74 bits per heavy atom. The van der Waals surface area contributed by atoms with Crippen molar-refractivity contribution in [2.45, 2.75) is 6.92 Å². The zero-order chi connectivity index (χ0) is 14.0. The predicted octanol–water partition coefficient (Wildman–Crippen LogP) is 4.74. The first-order valence-electron chi connectivity index (χ1n) is 5.54. The van der Waals surface area contributed by atoms with Gasteiger partial charge in [0.05, 0.1) is 22.0 Å². The number of rotatable bonds is 3. The fourth-order valence-corrected chi connectivity index (χ4v) is 2.13. The number of hydrogen-bond donors (Lipinski definition) is 2. The minimum Gasteiger partial charge on any atom is -0.478 e. The Bertz CT molecular complexity index is 641. The summed E-state index contributed by atoms with van der Waals surface area (Å²) < 4.78 is 0. The van der Waals surface area contributed by atoms with Crippen molar-refractivity contribution in [3.05, 3.63) is 57.6 Å². The molecule has 0 aliphatic carbocycles. The van der Waals surface area contributed by atoms with E-state index in [-0.39, 0.29) is 5.56 Å². The molecule has 0 bridgehead atoms. The van der Waals surface area contributed by atoms with Crippen molar-refractivity contribution < 1.29 is 9.90 Å². The molecule has 0 atom stereocenters. The van der Waals surface area contributed by atoms with Crippen molar-refractivity contribution in [2.75, 3.05) is 5.32 Å². The minimum atomic E-state index is -1.00. The second-order valence-electron chi connectivity index (χ2n) is 4.00. The third-order valence-corrected chi connectivity index (χ3v) is 3.49. The second kappa shape index (κ2) is 5.51. The molecule has 3 nitrogen and oxygen atoms in total. The quantitative estimate of drug-likeness (QED) is 0.859. The maximum Gasteiger partial charge on any atom is 0.337 e. The largest absolute Gasteiger partial charge is 0.478 e. The first-order chi connectivity index (χ1) is 9.00. The highest BCUT2D eigenvalue weighted by atomic mass is 35.5. The lowest BCUT2D eigenvalue weighted by Crippen LogP contribution is -2.03. The van der Waals surface area contributed by atoms with Gasteiger partial charge in [-0.05, 0) is 36.8 Å². The molecule has 5 heteroatoms. The highest BCUT2D eigenvalue weighted by Gasteiger charge is 2.13. The molecule has 0 aliphatic rings. The number of carbonyl (C=O) groups is 1. The molecule has 0 radical (unpaired) electrons. The molecule has 2 aromatic rings. The first kappa shape index (κ1) is 13.7. The molecule has 0 saturated carbocycles. The number of benzene rings is 2. The monoisotopic (exact) mass is 295 g/mol. The standard InChI is InChI=1S/C14H11Cl2NO2/c1-8-10(15)6-7-11(16)13(8)17-12-5-3-2-4-9(12)14(18)19/h2-7,17H,1H3,(H,18,19). The van der Waals surface area contributed by atoms with Gasteiger partial charge < -0.3 is 10.4 Å². The molecule has 0 fully saturated rings. The van der Waals surface area contributed by atoms with Crippen LogP contribution in [0.3, 0.4) is 0 Å². The SMILES string of the molecule is Cc1c(Cl)ccc(Cl)c1Nc1ccccc1C(=O)O. The number of nitrogens with one attached hydrogen (secondary N) is 1. The molecule has 19 heavy (non-hydrogen) atoms. The average Bonchev–Trinajstić information content (AvgIpc) is 2.39. The van der Waals surface area contributed by atoms with Gasteiger partial charge in [0.2, 0.25) is 0 Å². The predicted molar refractivity (Wildman–Crippen MR) is 77.9 cm³/mol. The summed E-state index contributed by atoms with van der Waals surface area (Å²) in [5, 5.41) is 13.2. The van der Waals surface area contributed by atoms with Crippen LogP contribution >= 0.6 is 23.2 Å². The lowest BCUT2D eigenvalue weighted by Gasteiger charge is -2.14. The van der Waals surface area contributed by atoms with Gasteiger partial charge in [0, 0.05) is 5.02 Å². The molecule has 2 N–H and O–H groups in total. The van der Waals surface area contributed by atoms with Crippen LogP contribution in [0.1, 0.15) is 15.9 Å². The van der Waals surface area contributed by atoms with Crippen LogP contribution in [0.5, 0.6) is 0 Å². The summed E-state index contributed by atoms with van der Waals surface area (Å²) in [4.78, 5) is 11.1. The second-order valence-corrected chi connectivity index (χ2v) is 4.82. The van der Waals surface area contributed by atoms with Crippen molar-refractivity contribution >= 4 is 40.5 Å². The summed E-state index contributed by atoms with van der Waals surface area (Å²) in [7, 11) is 0. The van der Waals surface area contributed by atoms with Crippen LogP contribution in [0.4, 0.5) is 11.4 Å². The van der Waals surface area contributed by atoms with E-state index in [0.29, 0.717) is 21.4 Å². The van der Waals surface area contributed by atoms with E-state index < -0.39 is 5.97 Å². The molecular weight excluding hydrogens is 285 g/mol. The van der Waals surface area contributed by atoms with E-state index in [2.05, 4.69) is 5.32 Å². The van der Waals surface area contributed by atoms with E-state index in [9.17, 15) is 4.79 Å².